The van der Waals surface area contributed by atoms with Crippen molar-refractivity contribution in [1.82, 2.24) is 0 Å². The van der Waals surface area contributed by atoms with Gasteiger partial charge in [-0.25, -0.2) is 0 Å². The smallest absolute Gasteiger partial charge is 0.0753 e. The Kier molecular flexibility index (Phi) is 8.43. The highest BCUT2D eigenvalue weighted by atomic mass is 31.2. The lowest BCUT2D eigenvalue weighted by Crippen LogP contribution is -2.04. The molecule has 0 unspecified atom stereocenters. The fourth-order valence-corrected chi connectivity index (χ4v) is 6.17. The van der Waals surface area contributed by atoms with E-state index in [2.05, 4.69) is 44.5 Å². The third kappa shape index (κ3) is 6.11. The Labute approximate surface area is 121 Å². The first-order chi connectivity index (χ1) is 9.23. The second kappa shape index (κ2) is 9.57. The molecule has 0 aliphatic heterocycles. The zero-order valence-corrected chi connectivity index (χ0v) is 14.1. The molecule has 19 heavy (non-hydrogen) atoms. The first kappa shape index (κ1) is 16.7. The molecule has 0 aromatic heterocycles. The number of unbranched alkanes of at least 4 members (excludes halogenated alkanes) is 6. The van der Waals surface area contributed by atoms with Crippen LogP contribution in [-0.2, 0) is 0 Å². The molecule has 0 nitrogen and oxygen atoms in total. The average Bonchev–Trinajstić information content (AvgIpc) is 2.95. The van der Waals surface area contributed by atoms with Crippen LogP contribution >= 0.6 is 7.26 Å². The summed E-state index contributed by atoms with van der Waals surface area (Å²) in [5.41, 5.74) is 3.51. The molecule has 0 heterocycles. The van der Waals surface area contributed by atoms with Crippen molar-refractivity contribution < 1.29 is 0 Å². The molecule has 0 saturated carbocycles. The summed E-state index contributed by atoms with van der Waals surface area (Å²) >= 11 is 0. The van der Waals surface area contributed by atoms with Crippen LogP contribution in [0.3, 0.4) is 0 Å². The van der Waals surface area contributed by atoms with Gasteiger partial charge in [-0.05, 0) is 43.9 Å². The lowest BCUT2D eigenvalue weighted by Gasteiger charge is -2.22. The highest BCUT2D eigenvalue weighted by Crippen LogP contribution is 2.64. The van der Waals surface area contributed by atoms with Crippen LogP contribution < -0.4 is 0 Å². The predicted octanol–water partition coefficient (Wildman–Crippen LogP) is 6.40. The van der Waals surface area contributed by atoms with Gasteiger partial charge in [0.1, 0.15) is 5.31 Å². The van der Waals surface area contributed by atoms with Gasteiger partial charge in [0.2, 0.25) is 0 Å². The van der Waals surface area contributed by atoms with Gasteiger partial charge in [0.05, 0.1) is 26.3 Å². The quantitative estimate of drug-likeness (QED) is 0.233. The van der Waals surface area contributed by atoms with Crippen LogP contribution in [0.15, 0.2) is 29.3 Å². The van der Waals surface area contributed by atoms with E-state index in [0.717, 1.165) is 0 Å². The van der Waals surface area contributed by atoms with Crippen LogP contribution in [0.25, 0.3) is 0 Å². The predicted molar refractivity (Wildman–Crippen MR) is 91.6 cm³/mol. The lowest BCUT2D eigenvalue weighted by atomic mass is 10.2. The summed E-state index contributed by atoms with van der Waals surface area (Å²) in [5.74, 6) is 0. The summed E-state index contributed by atoms with van der Waals surface area (Å²) in [6.45, 7) is 7.16. The van der Waals surface area contributed by atoms with E-state index in [9.17, 15) is 0 Å². The average molecular weight is 279 g/mol. The molecule has 1 aliphatic rings. The van der Waals surface area contributed by atoms with Crippen molar-refractivity contribution in [2.75, 3.05) is 19.0 Å². The van der Waals surface area contributed by atoms with Crippen molar-refractivity contribution in [3.8, 4) is 0 Å². The van der Waals surface area contributed by atoms with E-state index < -0.39 is 7.26 Å². The molecule has 0 spiro atoms. The van der Waals surface area contributed by atoms with Gasteiger partial charge in [0.25, 0.3) is 0 Å². The van der Waals surface area contributed by atoms with Gasteiger partial charge in [-0.2, -0.15) is 0 Å². The molecule has 0 bridgehead atoms. The molecule has 0 fully saturated rings. The van der Waals surface area contributed by atoms with Gasteiger partial charge in [-0.3, -0.25) is 0 Å². The maximum atomic E-state index is 3.51. The van der Waals surface area contributed by atoms with Gasteiger partial charge in [0.15, 0.2) is 0 Å². The van der Waals surface area contributed by atoms with Crippen LogP contribution in [0, 0.1) is 0 Å². The first-order valence-electron chi connectivity index (χ1n) is 8.21. The Morgan fingerprint density at radius 2 is 1.47 bits per heavy atom. The number of hydrogen-bond donors (Lipinski definition) is 0. The van der Waals surface area contributed by atoms with Crippen LogP contribution in [0.2, 0.25) is 0 Å². The van der Waals surface area contributed by atoms with Gasteiger partial charge in [0, 0.05) is 0 Å². The minimum atomic E-state index is -0.910. The molecule has 108 valence electrons. The van der Waals surface area contributed by atoms with Crippen molar-refractivity contribution in [1.29, 1.82) is 0 Å². The number of rotatable bonds is 11. The molecule has 0 N–H and O–H groups in total. The fourth-order valence-electron chi connectivity index (χ4n) is 2.78. The normalized spacial score (nSPS) is 14.2. The maximum absolute atomic E-state index is 3.51. The zero-order chi connectivity index (χ0) is 14.0. The fraction of sp³-hybridized carbons (Fsp3) is 0.722. The SMILES string of the molecule is CCCCCC[P+](C)(CCCCCC)C1=C=CC=C1. The van der Waals surface area contributed by atoms with Gasteiger partial charge < -0.3 is 0 Å². The summed E-state index contributed by atoms with van der Waals surface area (Å²) in [7, 11) is -0.910. The summed E-state index contributed by atoms with van der Waals surface area (Å²) in [6.07, 6.45) is 20.7. The molecule has 0 amide bonds. The second-order valence-corrected chi connectivity index (χ2v) is 10.2. The van der Waals surface area contributed by atoms with E-state index >= 15 is 0 Å². The van der Waals surface area contributed by atoms with Gasteiger partial charge in [-0.15, -0.1) is 0 Å². The standard InChI is InChI=1S/C18H32P/c1-4-6-8-12-16-19(3,17-13-9-7-5-2)18-14-10-11-15-18/h10-11,14H,4-9,12-13,16-17H2,1-3H3/q+1. The Hall–Kier alpha value is -0.310. The van der Waals surface area contributed by atoms with E-state index in [1.54, 1.807) is 5.31 Å². The number of hydrogen-bond acceptors (Lipinski definition) is 0. The van der Waals surface area contributed by atoms with Crippen molar-refractivity contribution in [2.24, 2.45) is 0 Å². The minimum absolute atomic E-state index is 0.910. The largest absolute Gasteiger partial charge is 0.135 e. The molecule has 0 radical (unpaired) electrons. The van der Waals surface area contributed by atoms with E-state index in [0.29, 0.717) is 0 Å². The van der Waals surface area contributed by atoms with Crippen LogP contribution in [-0.4, -0.2) is 19.0 Å². The van der Waals surface area contributed by atoms with Crippen LogP contribution in [0.4, 0.5) is 0 Å². The highest BCUT2D eigenvalue weighted by Gasteiger charge is 2.34. The molecule has 0 saturated heterocycles. The topological polar surface area (TPSA) is 0 Å². The number of allylic oxidation sites excluding steroid dienone is 3. The third-order valence-electron chi connectivity index (χ3n) is 4.17. The third-order valence-corrected chi connectivity index (χ3v) is 8.22. The Bertz CT molecular complexity index is 320. The van der Waals surface area contributed by atoms with E-state index in [1.165, 1.54) is 63.7 Å². The van der Waals surface area contributed by atoms with Gasteiger partial charge in [-0.1, -0.05) is 45.3 Å². The maximum Gasteiger partial charge on any atom is 0.135 e. The minimum Gasteiger partial charge on any atom is -0.0753 e. The molecular formula is C18H32P+. The Morgan fingerprint density at radius 1 is 0.895 bits per heavy atom. The van der Waals surface area contributed by atoms with Crippen molar-refractivity contribution in [3.63, 3.8) is 0 Å². The lowest BCUT2D eigenvalue weighted by molar-refractivity contribution is 0.694. The highest BCUT2D eigenvalue weighted by molar-refractivity contribution is 7.79. The second-order valence-electron chi connectivity index (χ2n) is 6.02. The Morgan fingerprint density at radius 3 is 1.89 bits per heavy atom. The summed E-state index contributed by atoms with van der Waals surface area (Å²) in [5, 5.41) is 1.56. The summed E-state index contributed by atoms with van der Waals surface area (Å²) in [6, 6.07) is 0. The van der Waals surface area contributed by atoms with Crippen molar-refractivity contribution >= 4 is 7.26 Å². The zero-order valence-electron chi connectivity index (χ0n) is 13.3. The van der Waals surface area contributed by atoms with E-state index in [4.69, 9.17) is 0 Å². The molecule has 0 aromatic carbocycles. The molecule has 1 rings (SSSR count). The van der Waals surface area contributed by atoms with E-state index in [-0.39, 0.29) is 0 Å². The van der Waals surface area contributed by atoms with Crippen molar-refractivity contribution in [2.45, 2.75) is 65.2 Å². The summed E-state index contributed by atoms with van der Waals surface area (Å²) in [4.78, 5) is 0. The molecular weight excluding hydrogens is 247 g/mol. The Balaban J connectivity index is 2.47. The van der Waals surface area contributed by atoms with Crippen LogP contribution in [0.1, 0.15) is 65.2 Å². The molecule has 1 heteroatoms. The van der Waals surface area contributed by atoms with Gasteiger partial charge >= 0.3 is 0 Å². The molecule has 0 atom stereocenters. The van der Waals surface area contributed by atoms with Crippen LogP contribution in [0.5, 0.6) is 0 Å². The molecule has 1 aliphatic carbocycles. The van der Waals surface area contributed by atoms with E-state index in [1.807, 2.05) is 0 Å². The first-order valence-corrected chi connectivity index (χ1v) is 10.8. The van der Waals surface area contributed by atoms with Crippen molar-refractivity contribution in [3.05, 3.63) is 29.3 Å². The monoisotopic (exact) mass is 279 g/mol. The summed E-state index contributed by atoms with van der Waals surface area (Å²) < 4.78 is 0. The molecule has 0 aromatic rings.